The van der Waals surface area contributed by atoms with E-state index in [2.05, 4.69) is 76.4 Å². The number of aromatic nitrogens is 2. The molecule has 2 aliphatic rings. The van der Waals surface area contributed by atoms with Crippen LogP contribution in [0.3, 0.4) is 0 Å². The van der Waals surface area contributed by atoms with Crippen molar-refractivity contribution in [2.24, 2.45) is 5.41 Å². The fourth-order valence-electron chi connectivity index (χ4n) is 6.03. The second-order valence-corrected chi connectivity index (χ2v) is 11.6. The zero-order valence-electron chi connectivity index (χ0n) is 21.7. The third-order valence-corrected chi connectivity index (χ3v) is 7.85. The van der Waals surface area contributed by atoms with E-state index in [1.807, 2.05) is 4.68 Å². The largest absolute Gasteiger partial charge is 0.481 e. The van der Waals surface area contributed by atoms with E-state index in [0.29, 0.717) is 6.42 Å². The molecular weight excluding hydrogens is 438 g/mol. The minimum Gasteiger partial charge on any atom is -0.481 e. The smallest absolute Gasteiger partial charge is 0.303 e. The third-order valence-electron chi connectivity index (χ3n) is 7.85. The summed E-state index contributed by atoms with van der Waals surface area (Å²) in [6.07, 6.45) is 9.10. The van der Waals surface area contributed by atoms with Crippen molar-refractivity contribution in [2.45, 2.75) is 96.9 Å². The van der Waals surface area contributed by atoms with Gasteiger partial charge in [0.05, 0.1) is 17.8 Å². The van der Waals surface area contributed by atoms with Gasteiger partial charge in [0, 0.05) is 29.6 Å². The minimum atomic E-state index is -0.809. The summed E-state index contributed by atoms with van der Waals surface area (Å²) in [7, 11) is 0. The Hall–Kier alpha value is -2.89. The number of aliphatic carboxylic acids is 1. The molecule has 0 saturated heterocycles. The van der Waals surface area contributed by atoms with E-state index >= 15 is 0 Å². The van der Waals surface area contributed by atoms with Crippen molar-refractivity contribution in [3.8, 4) is 5.69 Å². The molecule has 1 amide bonds. The number of hydrogen-bond donors (Lipinski definition) is 2. The summed E-state index contributed by atoms with van der Waals surface area (Å²) in [6, 6.07) is 8.58. The first-order chi connectivity index (χ1) is 16.5. The summed E-state index contributed by atoms with van der Waals surface area (Å²) in [5.41, 5.74) is 5.43. The van der Waals surface area contributed by atoms with Crippen molar-refractivity contribution in [1.82, 2.24) is 15.1 Å². The number of allylic oxidation sites excluding steroid dienone is 1. The van der Waals surface area contributed by atoms with Crippen LogP contribution in [0.4, 0.5) is 0 Å². The second kappa shape index (κ2) is 9.63. The molecule has 2 atom stereocenters. The first kappa shape index (κ1) is 25.2. The number of carbonyl (C=O) groups is 2. The summed E-state index contributed by atoms with van der Waals surface area (Å²) in [5.74, 6) is -0.648. The number of hydrogen-bond acceptors (Lipinski definition) is 3. The van der Waals surface area contributed by atoms with E-state index in [0.717, 1.165) is 49.2 Å². The SMILES string of the molecule is Cc1nn(-c2ccc(C(C)(C)C)cc2)c(C)c1[C@H]1C=C[C@@H](NC(=O)CC2(CC(=O)O)CCCC2)C1. The first-order valence-corrected chi connectivity index (χ1v) is 12.8. The maximum absolute atomic E-state index is 12.9. The lowest BCUT2D eigenvalue weighted by Gasteiger charge is -2.27. The van der Waals surface area contributed by atoms with Gasteiger partial charge in [-0.25, -0.2) is 4.68 Å². The molecule has 0 aliphatic heterocycles. The predicted molar refractivity (Wildman–Crippen MR) is 138 cm³/mol. The van der Waals surface area contributed by atoms with Crippen molar-refractivity contribution >= 4 is 11.9 Å². The highest BCUT2D eigenvalue weighted by Crippen LogP contribution is 2.44. The summed E-state index contributed by atoms with van der Waals surface area (Å²) in [4.78, 5) is 24.2. The Morgan fingerprint density at radius 2 is 1.74 bits per heavy atom. The quantitative estimate of drug-likeness (QED) is 0.498. The second-order valence-electron chi connectivity index (χ2n) is 11.6. The van der Waals surface area contributed by atoms with Crippen LogP contribution in [0, 0.1) is 19.3 Å². The molecule has 0 radical (unpaired) electrons. The Morgan fingerprint density at radius 1 is 1.09 bits per heavy atom. The van der Waals surface area contributed by atoms with Crippen LogP contribution in [0.2, 0.25) is 0 Å². The highest BCUT2D eigenvalue weighted by atomic mass is 16.4. The van der Waals surface area contributed by atoms with Gasteiger partial charge in [-0.15, -0.1) is 0 Å². The fraction of sp³-hybridized carbons (Fsp3) is 0.552. The lowest BCUT2D eigenvalue weighted by Crippen LogP contribution is -2.37. The molecule has 2 N–H and O–H groups in total. The van der Waals surface area contributed by atoms with Gasteiger partial charge in [-0.2, -0.15) is 5.10 Å². The molecule has 2 aliphatic carbocycles. The van der Waals surface area contributed by atoms with Crippen LogP contribution >= 0.6 is 0 Å². The number of nitrogens with zero attached hydrogens (tertiary/aromatic N) is 2. The lowest BCUT2D eigenvalue weighted by molar-refractivity contribution is -0.140. The molecule has 0 unspecified atom stereocenters. The average Bonchev–Trinajstić information content (AvgIpc) is 3.47. The van der Waals surface area contributed by atoms with Gasteiger partial charge >= 0.3 is 5.97 Å². The molecule has 2 aromatic rings. The van der Waals surface area contributed by atoms with Gasteiger partial charge in [0.1, 0.15) is 0 Å². The normalized spacial score (nSPS) is 21.4. The van der Waals surface area contributed by atoms with Crippen LogP contribution in [0.1, 0.15) is 94.1 Å². The molecule has 1 aromatic carbocycles. The van der Waals surface area contributed by atoms with E-state index in [9.17, 15) is 14.7 Å². The monoisotopic (exact) mass is 477 g/mol. The lowest BCUT2D eigenvalue weighted by atomic mass is 9.79. The van der Waals surface area contributed by atoms with Gasteiger partial charge in [0.2, 0.25) is 5.91 Å². The van der Waals surface area contributed by atoms with E-state index in [1.54, 1.807) is 0 Å². The van der Waals surface area contributed by atoms with Gasteiger partial charge in [-0.05, 0) is 61.6 Å². The number of carboxylic acid groups (broad SMARTS) is 1. The third kappa shape index (κ3) is 5.52. The highest BCUT2D eigenvalue weighted by Gasteiger charge is 2.38. The van der Waals surface area contributed by atoms with Crippen LogP contribution in [0.5, 0.6) is 0 Å². The molecular formula is C29H39N3O3. The first-order valence-electron chi connectivity index (χ1n) is 12.8. The summed E-state index contributed by atoms with van der Waals surface area (Å²) >= 11 is 0. The minimum absolute atomic E-state index is 0.0356. The van der Waals surface area contributed by atoms with E-state index in [4.69, 9.17) is 5.10 Å². The Balaban J connectivity index is 1.43. The molecule has 188 valence electrons. The zero-order chi connectivity index (χ0) is 25.4. The zero-order valence-corrected chi connectivity index (χ0v) is 21.7. The Labute approximate surface area is 208 Å². The standard InChI is InChI=1S/C29H39N3O3/c1-19-27(20(2)32(31-19)24-12-9-22(10-13-24)28(3,4)5)21-8-11-23(16-21)30-25(33)17-29(18-26(34)35)14-6-7-15-29/h8-13,21,23H,6-7,14-18H2,1-5H3,(H,30,33)(H,34,35)/t21-,23+/m0/s1. The summed E-state index contributed by atoms with van der Waals surface area (Å²) in [5, 5.41) is 17.3. The van der Waals surface area contributed by atoms with Crippen LogP contribution < -0.4 is 5.32 Å². The van der Waals surface area contributed by atoms with E-state index in [1.165, 1.54) is 11.1 Å². The van der Waals surface area contributed by atoms with Crippen molar-refractivity contribution in [3.05, 3.63) is 58.9 Å². The Bertz CT molecular complexity index is 1120. The van der Waals surface area contributed by atoms with Crippen molar-refractivity contribution in [1.29, 1.82) is 0 Å². The molecule has 35 heavy (non-hydrogen) atoms. The van der Waals surface area contributed by atoms with Gasteiger partial charge in [-0.3, -0.25) is 9.59 Å². The van der Waals surface area contributed by atoms with Crippen molar-refractivity contribution < 1.29 is 14.7 Å². The number of nitrogens with one attached hydrogen (secondary N) is 1. The van der Waals surface area contributed by atoms with E-state index < -0.39 is 5.97 Å². The van der Waals surface area contributed by atoms with Crippen molar-refractivity contribution in [3.63, 3.8) is 0 Å². The number of benzene rings is 1. The van der Waals surface area contributed by atoms with Gasteiger partial charge in [0.15, 0.2) is 0 Å². The molecule has 6 nitrogen and oxygen atoms in total. The molecule has 1 saturated carbocycles. The van der Waals surface area contributed by atoms with Crippen molar-refractivity contribution in [2.75, 3.05) is 0 Å². The predicted octanol–water partition coefficient (Wildman–Crippen LogP) is 5.74. The highest BCUT2D eigenvalue weighted by molar-refractivity contribution is 5.78. The fourth-order valence-corrected chi connectivity index (χ4v) is 6.03. The van der Waals surface area contributed by atoms with Crippen LogP contribution in [-0.2, 0) is 15.0 Å². The molecule has 0 spiro atoms. The molecule has 1 fully saturated rings. The summed E-state index contributed by atoms with van der Waals surface area (Å²) in [6.45, 7) is 10.8. The maximum Gasteiger partial charge on any atom is 0.303 e. The Morgan fingerprint density at radius 3 is 2.34 bits per heavy atom. The number of carboxylic acids is 1. The molecule has 6 heteroatoms. The number of amides is 1. The molecule has 1 aromatic heterocycles. The number of rotatable bonds is 7. The molecule has 0 bridgehead atoms. The average molecular weight is 478 g/mol. The van der Waals surface area contributed by atoms with Gasteiger partial charge in [-0.1, -0.05) is 57.9 Å². The number of carbonyl (C=O) groups excluding carboxylic acids is 1. The topological polar surface area (TPSA) is 84.2 Å². The van der Waals surface area contributed by atoms with Crippen LogP contribution in [0.15, 0.2) is 36.4 Å². The van der Waals surface area contributed by atoms with Crippen LogP contribution in [-0.4, -0.2) is 32.8 Å². The van der Waals surface area contributed by atoms with Gasteiger partial charge < -0.3 is 10.4 Å². The molecule has 1 heterocycles. The molecule has 4 rings (SSSR count). The van der Waals surface area contributed by atoms with Gasteiger partial charge in [0.25, 0.3) is 0 Å². The Kier molecular flexibility index (Phi) is 6.94. The summed E-state index contributed by atoms with van der Waals surface area (Å²) < 4.78 is 2.02. The number of aryl methyl sites for hydroxylation is 1. The maximum atomic E-state index is 12.9. The van der Waals surface area contributed by atoms with E-state index in [-0.39, 0.29) is 35.1 Å². The van der Waals surface area contributed by atoms with Crippen LogP contribution in [0.25, 0.3) is 5.69 Å².